The summed E-state index contributed by atoms with van der Waals surface area (Å²) < 4.78 is 0. The molecule has 4 heteroatoms. The summed E-state index contributed by atoms with van der Waals surface area (Å²) in [5.41, 5.74) is 3.80. The van der Waals surface area contributed by atoms with E-state index >= 15 is 0 Å². The van der Waals surface area contributed by atoms with Gasteiger partial charge in [-0.15, -0.1) is 0 Å². The number of hydrogen-bond acceptors (Lipinski definition) is 3. The Labute approximate surface area is 71.0 Å². The SMILES string of the molecule is CNN(C)c1cccnc1Cl. The average Bonchev–Trinajstić information content (AvgIpc) is 2.04. The lowest BCUT2D eigenvalue weighted by Crippen LogP contribution is -2.30. The minimum atomic E-state index is 0.504. The third-order valence-corrected chi connectivity index (χ3v) is 1.73. The second-order valence-corrected chi connectivity index (χ2v) is 2.45. The van der Waals surface area contributed by atoms with Gasteiger partial charge in [0.1, 0.15) is 0 Å². The van der Waals surface area contributed by atoms with E-state index in [9.17, 15) is 0 Å². The molecule has 0 fully saturated rings. The minimum absolute atomic E-state index is 0.504. The zero-order chi connectivity index (χ0) is 8.27. The van der Waals surface area contributed by atoms with Gasteiger partial charge in [0.05, 0.1) is 5.69 Å². The number of hydrogen-bond donors (Lipinski definition) is 1. The van der Waals surface area contributed by atoms with Crippen LogP contribution in [0, 0.1) is 0 Å². The molecule has 3 nitrogen and oxygen atoms in total. The number of hydrazine groups is 1. The van der Waals surface area contributed by atoms with Gasteiger partial charge in [0, 0.05) is 20.3 Å². The van der Waals surface area contributed by atoms with Crippen molar-refractivity contribution in [2.75, 3.05) is 19.1 Å². The Hall–Kier alpha value is -0.800. The van der Waals surface area contributed by atoms with E-state index in [1.807, 2.05) is 26.2 Å². The first kappa shape index (κ1) is 8.30. The van der Waals surface area contributed by atoms with Crippen LogP contribution in [-0.4, -0.2) is 19.1 Å². The van der Waals surface area contributed by atoms with Crippen molar-refractivity contribution in [3.63, 3.8) is 0 Å². The maximum absolute atomic E-state index is 5.81. The summed E-state index contributed by atoms with van der Waals surface area (Å²) >= 11 is 5.81. The van der Waals surface area contributed by atoms with Crippen LogP contribution < -0.4 is 10.4 Å². The molecule has 1 N–H and O–H groups in total. The zero-order valence-electron chi connectivity index (χ0n) is 6.50. The molecule has 0 aliphatic carbocycles. The van der Waals surface area contributed by atoms with Crippen molar-refractivity contribution in [1.82, 2.24) is 10.4 Å². The van der Waals surface area contributed by atoms with Crippen LogP contribution in [0.15, 0.2) is 18.3 Å². The fourth-order valence-electron chi connectivity index (χ4n) is 0.748. The number of halogens is 1. The number of nitrogens with zero attached hydrogens (tertiary/aromatic N) is 2. The van der Waals surface area contributed by atoms with Crippen molar-refractivity contribution in [1.29, 1.82) is 0 Å². The molecule has 60 valence electrons. The van der Waals surface area contributed by atoms with E-state index < -0.39 is 0 Å². The first-order chi connectivity index (χ1) is 5.25. The van der Waals surface area contributed by atoms with Crippen molar-refractivity contribution in [2.24, 2.45) is 0 Å². The maximum atomic E-state index is 5.81. The van der Waals surface area contributed by atoms with Gasteiger partial charge >= 0.3 is 0 Å². The molecule has 0 spiro atoms. The molecular formula is C7H10ClN3. The summed E-state index contributed by atoms with van der Waals surface area (Å²) in [5.74, 6) is 0. The zero-order valence-corrected chi connectivity index (χ0v) is 7.26. The second kappa shape index (κ2) is 3.55. The number of aromatic nitrogens is 1. The normalized spacial score (nSPS) is 9.73. The highest BCUT2D eigenvalue weighted by Crippen LogP contribution is 2.19. The molecule has 0 saturated carbocycles. The molecule has 0 atom stereocenters. The molecule has 0 aliphatic rings. The van der Waals surface area contributed by atoms with Crippen LogP contribution >= 0.6 is 11.6 Å². The second-order valence-electron chi connectivity index (χ2n) is 2.10. The first-order valence-corrected chi connectivity index (χ1v) is 3.65. The molecule has 1 rings (SSSR count). The molecule has 0 bridgehead atoms. The molecule has 0 amide bonds. The van der Waals surface area contributed by atoms with Gasteiger partial charge in [0.2, 0.25) is 0 Å². The van der Waals surface area contributed by atoms with Crippen molar-refractivity contribution in [3.8, 4) is 0 Å². The summed E-state index contributed by atoms with van der Waals surface area (Å²) in [4.78, 5) is 3.93. The van der Waals surface area contributed by atoms with Crippen LogP contribution in [0.2, 0.25) is 5.15 Å². The van der Waals surface area contributed by atoms with E-state index in [2.05, 4.69) is 10.4 Å². The van der Waals surface area contributed by atoms with Crippen LogP contribution in [-0.2, 0) is 0 Å². The Morgan fingerprint density at radius 1 is 1.64 bits per heavy atom. The standard InChI is InChI=1S/C7H10ClN3/c1-9-11(2)6-4-3-5-10-7(6)8/h3-5,9H,1-2H3. The highest BCUT2D eigenvalue weighted by Gasteiger charge is 2.02. The Kier molecular flexibility index (Phi) is 2.68. The van der Waals surface area contributed by atoms with Gasteiger partial charge in [-0.05, 0) is 12.1 Å². The van der Waals surface area contributed by atoms with E-state index in [1.165, 1.54) is 0 Å². The van der Waals surface area contributed by atoms with E-state index in [0.717, 1.165) is 5.69 Å². The van der Waals surface area contributed by atoms with E-state index in [0.29, 0.717) is 5.15 Å². The van der Waals surface area contributed by atoms with E-state index in [-0.39, 0.29) is 0 Å². The average molecular weight is 172 g/mol. The Morgan fingerprint density at radius 3 is 2.91 bits per heavy atom. The molecule has 1 aromatic rings. The van der Waals surface area contributed by atoms with E-state index in [1.54, 1.807) is 11.2 Å². The molecular weight excluding hydrogens is 162 g/mol. The fourth-order valence-corrected chi connectivity index (χ4v) is 0.994. The van der Waals surface area contributed by atoms with Crippen molar-refractivity contribution < 1.29 is 0 Å². The van der Waals surface area contributed by atoms with Gasteiger partial charge in [-0.1, -0.05) is 11.6 Å². The van der Waals surface area contributed by atoms with Crippen molar-refractivity contribution >= 4 is 17.3 Å². The molecule has 0 aliphatic heterocycles. The third kappa shape index (κ3) is 1.82. The summed E-state index contributed by atoms with van der Waals surface area (Å²) in [6.07, 6.45) is 1.66. The lowest BCUT2D eigenvalue weighted by Gasteiger charge is -2.17. The van der Waals surface area contributed by atoms with Crippen LogP contribution in [0.25, 0.3) is 0 Å². The smallest absolute Gasteiger partial charge is 0.153 e. The van der Waals surface area contributed by atoms with Crippen molar-refractivity contribution in [3.05, 3.63) is 23.5 Å². The quantitative estimate of drug-likeness (QED) is 0.537. The molecule has 1 heterocycles. The predicted octanol–water partition coefficient (Wildman–Crippen LogP) is 1.31. The minimum Gasteiger partial charge on any atom is -0.309 e. The van der Waals surface area contributed by atoms with Gasteiger partial charge in [0.25, 0.3) is 0 Å². The summed E-state index contributed by atoms with van der Waals surface area (Å²) in [7, 11) is 3.70. The third-order valence-electron chi connectivity index (χ3n) is 1.44. The van der Waals surface area contributed by atoms with Gasteiger partial charge in [-0.25, -0.2) is 10.4 Å². The van der Waals surface area contributed by atoms with Gasteiger partial charge < -0.3 is 5.01 Å². The Balaban J connectivity index is 2.93. The van der Waals surface area contributed by atoms with Crippen LogP contribution in [0.1, 0.15) is 0 Å². The van der Waals surface area contributed by atoms with Gasteiger partial charge in [-0.3, -0.25) is 0 Å². The Morgan fingerprint density at radius 2 is 2.36 bits per heavy atom. The Bertz CT molecular complexity index is 239. The lowest BCUT2D eigenvalue weighted by molar-refractivity contribution is 0.789. The van der Waals surface area contributed by atoms with Gasteiger partial charge in [-0.2, -0.15) is 0 Å². The first-order valence-electron chi connectivity index (χ1n) is 3.27. The van der Waals surface area contributed by atoms with Crippen molar-refractivity contribution in [2.45, 2.75) is 0 Å². The monoisotopic (exact) mass is 171 g/mol. The molecule has 0 unspecified atom stereocenters. The van der Waals surface area contributed by atoms with Crippen LogP contribution in [0.5, 0.6) is 0 Å². The van der Waals surface area contributed by atoms with Crippen LogP contribution in [0.4, 0.5) is 5.69 Å². The number of nitrogens with one attached hydrogen (secondary N) is 1. The fraction of sp³-hybridized carbons (Fsp3) is 0.286. The summed E-state index contributed by atoms with van der Waals surface area (Å²) in [6.45, 7) is 0. The van der Waals surface area contributed by atoms with E-state index in [4.69, 9.17) is 11.6 Å². The molecule has 0 saturated heterocycles. The molecule has 0 radical (unpaired) electrons. The topological polar surface area (TPSA) is 28.2 Å². The maximum Gasteiger partial charge on any atom is 0.153 e. The largest absolute Gasteiger partial charge is 0.309 e. The molecule has 11 heavy (non-hydrogen) atoms. The highest BCUT2D eigenvalue weighted by molar-refractivity contribution is 6.31. The number of pyridine rings is 1. The predicted molar refractivity (Wildman–Crippen MR) is 46.7 cm³/mol. The van der Waals surface area contributed by atoms with Crippen LogP contribution in [0.3, 0.4) is 0 Å². The lowest BCUT2D eigenvalue weighted by atomic mass is 10.4. The van der Waals surface area contributed by atoms with Gasteiger partial charge in [0.15, 0.2) is 5.15 Å². The number of rotatable bonds is 2. The summed E-state index contributed by atoms with van der Waals surface area (Å²) in [6, 6.07) is 3.74. The number of anilines is 1. The summed E-state index contributed by atoms with van der Waals surface area (Å²) in [5, 5.41) is 2.30. The highest BCUT2D eigenvalue weighted by atomic mass is 35.5. The molecule has 1 aromatic heterocycles. The molecule has 0 aromatic carbocycles.